The predicted molar refractivity (Wildman–Crippen MR) is 116 cm³/mol. The van der Waals surface area contributed by atoms with Crippen LogP contribution >= 0.6 is 11.8 Å². The van der Waals surface area contributed by atoms with Crippen LogP contribution < -0.4 is 4.91 Å². The van der Waals surface area contributed by atoms with Gasteiger partial charge in [0.1, 0.15) is 41.0 Å². The van der Waals surface area contributed by atoms with Gasteiger partial charge in [-0.15, -0.1) is 5.10 Å². The highest BCUT2D eigenvalue weighted by molar-refractivity contribution is 7.99. The average molecular weight is 527 g/mol. The highest BCUT2D eigenvalue weighted by atomic mass is 32.2. The van der Waals surface area contributed by atoms with Gasteiger partial charge in [-0.25, -0.2) is 22.2 Å². The average Bonchev–Trinajstić information content (AvgIpc) is 3.33. The number of aromatic nitrogens is 3. The van der Waals surface area contributed by atoms with Crippen molar-refractivity contribution in [3.63, 3.8) is 0 Å². The first-order chi connectivity index (χ1) is 17.2. The zero-order chi connectivity index (χ0) is 26.1. The number of thioether (sulfide) groups is 1. The first-order valence-electron chi connectivity index (χ1n) is 10.4. The van der Waals surface area contributed by atoms with E-state index in [9.17, 15) is 32.9 Å². The molecule has 15 heteroatoms. The Kier molecular flexibility index (Phi) is 7.49. The highest BCUT2D eigenvalue weighted by Crippen LogP contribution is 2.39. The number of rotatable bonds is 6. The normalized spacial score (nSPS) is 23.9. The Balaban J connectivity index is 1.70. The lowest BCUT2D eigenvalue weighted by Gasteiger charge is -2.41. The van der Waals surface area contributed by atoms with Crippen molar-refractivity contribution in [1.82, 2.24) is 19.9 Å². The van der Waals surface area contributed by atoms with Crippen molar-refractivity contribution >= 4 is 17.4 Å². The van der Waals surface area contributed by atoms with E-state index in [1.807, 2.05) is 19.1 Å². The van der Waals surface area contributed by atoms with E-state index >= 15 is 0 Å². The Morgan fingerprint density at radius 1 is 1.08 bits per heavy atom. The summed E-state index contributed by atoms with van der Waals surface area (Å²) in [7, 11) is 0. The second kappa shape index (κ2) is 10.4. The first kappa shape index (κ1) is 25.9. The van der Waals surface area contributed by atoms with Crippen molar-refractivity contribution in [1.29, 1.82) is 5.53 Å². The molecule has 4 rings (SSSR count). The number of aliphatic hydroxyl groups excluding tert-OH is 3. The molecule has 0 unspecified atom stereocenters. The molecule has 4 N–H and O–H groups in total. The molecule has 0 aliphatic carbocycles. The summed E-state index contributed by atoms with van der Waals surface area (Å²) in [5, 5.41) is 41.3. The van der Waals surface area contributed by atoms with Crippen LogP contribution in [0.3, 0.4) is 0 Å². The lowest BCUT2D eigenvalue weighted by molar-refractivity contribution is -0.178. The van der Waals surface area contributed by atoms with Gasteiger partial charge in [-0.05, 0) is 19.1 Å². The number of benzene rings is 2. The van der Waals surface area contributed by atoms with Crippen LogP contribution in [0.15, 0.2) is 40.5 Å². The van der Waals surface area contributed by atoms with Gasteiger partial charge in [-0.1, -0.05) is 34.7 Å². The summed E-state index contributed by atoms with van der Waals surface area (Å²) in [5.41, 5.74) is 3.28. The maximum Gasteiger partial charge on any atom is 0.229 e. The zero-order valence-corrected chi connectivity index (χ0v) is 19.2. The molecule has 2 heterocycles. The van der Waals surface area contributed by atoms with Crippen LogP contribution in [0.1, 0.15) is 11.6 Å². The molecule has 3 aromatic rings. The number of aliphatic hydroxyl groups is 3. The summed E-state index contributed by atoms with van der Waals surface area (Å²) in [5.74, 6) is -7.49. The van der Waals surface area contributed by atoms with Crippen molar-refractivity contribution in [3.8, 4) is 11.3 Å². The SMILES string of the molecule is Cc1ccc(S[C@@H]2O[C@H](CO)[C@H](O)[C@H](n3cc(-c4c(F)c(F)c(N=[N+]=N)c(F)c4F)nn3)[C@H]2O)cc1. The van der Waals surface area contributed by atoms with Crippen molar-refractivity contribution in [2.45, 2.75) is 41.6 Å². The summed E-state index contributed by atoms with van der Waals surface area (Å²) in [6, 6.07) is 5.95. The van der Waals surface area contributed by atoms with Crippen molar-refractivity contribution in [2.75, 3.05) is 6.61 Å². The maximum atomic E-state index is 14.6. The molecule has 0 saturated carbocycles. The van der Waals surface area contributed by atoms with Gasteiger partial charge in [0.2, 0.25) is 10.6 Å². The summed E-state index contributed by atoms with van der Waals surface area (Å²) >= 11 is 1.11. The maximum absolute atomic E-state index is 14.6. The molecule has 5 atom stereocenters. The van der Waals surface area contributed by atoms with E-state index in [0.29, 0.717) is 0 Å². The van der Waals surface area contributed by atoms with E-state index in [4.69, 9.17) is 10.3 Å². The molecule has 1 aliphatic rings. The van der Waals surface area contributed by atoms with E-state index < -0.39 is 76.6 Å². The Morgan fingerprint density at radius 3 is 2.31 bits per heavy atom. The molecule has 10 nitrogen and oxygen atoms in total. The molecule has 0 radical (unpaired) electrons. The van der Waals surface area contributed by atoms with Gasteiger partial charge in [0.05, 0.1) is 18.4 Å². The van der Waals surface area contributed by atoms with Gasteiger partial charge in [0.25, 0.3) is 0 Å². The van der Waals surface area contributed by atoms with Gasteiger partial charge in [0, 0.05) is 4.90 Å². The fourth-order valence-electron chi connectivity index (χ4n) is 3.75. The fraction of sp³-hybridized carbons (Fsp3) is 0.333. The Morgan fingerprint density at radius 2 is 1.72 bits per heavy atom. The van der Waals surface area contributed by atoms with Crippen LogP contribution in [-0.2, 0) is 4.74 Å². The van der Waals surface area contributed by atoms with Crippen LogP contribution in [0.5, 0.6) is 0 Å². The third-order valence-electron chi connectivity index (χ3n) is 5.58. The second-order valence-corrected chi connectivity index (χ2v) is 9.06. The number of aryl methyl sites for hydroxylation is 1. The molecule has 1 aliphatic heterocycles. The van der Waals surface area contributed by atoms with Crippen LogP contribution in [0.4, 0.5) is 23.2 Å². The van der Waals surface area contributed by atoms with Gasteiger partial charge >= 0.3 is 0 Å². The molecular weight excluding hydrogens is 508 g/mol. The minimum absolute atomic E-state index is 0.622. The smallest absolute Gasteiger partial charge is 0.229 e. The lowest BCUT2D eigenvalue weighted by atomic mass is 9.97. The van der Waals surface area contributed by atoms with Crippen LogP contribution in [0.2, 0.25) is 0 Å². The number of halogens is 4. The summed E-state index contributed by atoms with van der Waals surface area (Å²) in [4.78, 5) is 3.11. The predicted octanol–water partition coefficient (Wildman–Crippen LogP) is 2.76. The second-order valence-electron chi connectivity index (χ2n) is 7.89. The first-order valence-corrected chi connectivity index (χ1v) is 11.3. The van der Waals surface area contributed by atoms with Gasteiger partial charge in [-0.2, -0.15) is 0 Å². The minimum atomic E-state index is -1.89. The number of nitrogens with one attached hydrogen (secondary N) is 1. The van der Waals surface area contributed by atoms with Gasteiger partial charge < -0.3 is 20.1 Å². The zero-order valence-electron chi connectivity index (χ0n) is 18.4. The molecule has 1 fully saturated rings. The van der Waals surface area contributed by atoms with E-state index in [2.05, 4.69) is 20.3 Å². The van der Waals surface area contributed by atoms with Gasteiger partial charge in [0.15, 0.2) is 28.4 Å². The molecule has 0 bridgehead atoms. The molecule has 2 aromatic carbocycles. The highest BCUT2D eigenvalue weighted by Gasteiger charge is 2.46. The standard InChI is InChI=1S/C21H19F4N6O4S/c1-8-2-4-9(5-3-8)36-21-20(34)18(19(33)11(7-32)35-21)31-6-10(27-30-31)12-13(22)15(24)17(28-29-26)16(25)14(12)23/h2-6,11,18-21,26,32-34H,7H2,1H3/q+1/t11-,18+,19+,20-,21+/m1/s1. The molecule has 0 spiro atoms. The number of ether oxygens (including phenoxy) is 1. The monoisotopic (exact) mass is 527 g/mol. The van der Waals surface area contributed by atoms with Crippen LogP contribution in [0, 0.1) is 35.7 Å². The van der Waals surface area contributed by atoms with Crippen molar-refractivity contribution < 1.29 is 37.6 Å². The van der Waals surface area contributed by atoms with Gasteiger partial charge in [-0.3, -0.25) is 0 Å². The van der Waals surface area contributed by atoms with E-state index in [1.54, 1.807) is 12.1 Å². The molecular formula is C21H19F4N6O4S+. The van der Waals surface area contributed by atoms with Crippen molar-refractivity contribution in [3.05, 3.63) is 59.3 Å². The molecule has 190 valence electrons. The largest absolute Gasteiger partial charge is 0.394 e. The molecule has 1 saturated heterocycles. The quantitative estimate of drug-likeness (QED) is 0.167. The molecule has 0 amide bonds. The third kappa shape index (κ3) is 4.64. The molecule has 36 heavy (non-hydrogen) atoms. The number of hydrogen-bond acceptors (Lipinski definition) is 9. The Hall–Kier alpha value is -3.20. The van der Waals surface area contributed by atoms with Crippen LogP contribution in [-0.4, -0.2) is 60.7 Å². The third-order valence-corrected chi connectivity index (χ3v) is 6.75. The summed E-state index contributed by atoms with van der Waals surface area (Å²) < 4.78 is 64.2. The lowest BCUT2D eigenvalue weighted by Crippen LogP contribution is -2.55. The fourth-order valence-corrected chi connectivity index (χ4v) is 4.81. The summed E-state index contributed by atoms with van der Waals surface area (Å²) in [6.45, 7) is 1.27. The summed E-state index contributed by atoms with van der Waals surface area (Å²) in [6.07, 6.45) is -3.26. The van der Waals surface area contributed by atoms with Crippen LogP contribution in [0.25, 0.3) is 11.3 Å². The van der Waals surface area contributed by atoms with E-state index in [-0.39, 0.29) is 0 Å². The number of hydrogen-bond donors (Lipinski definition) is 4. The minimum Gasteiger partial charge on any atom is -0.394 e. The van der Waals surface area contributed by atoms with E-state index in [1.165, 1.54) is 0 Å². The van der Waals surface area contributed by atoms with Crippen molar-refractivity contribution in [2.24, 2.45) is 5.11 Å². The van der Waals surface area contributed by atoms with E-state index in [0.717, 1.165) is 33.1 Å². The topological polar surface area (TPSA) is 151 Å². The molecule has 1 aromatic heterocycles. The Labute approximate surface area is 204 Å². The Bertz CT molecular complexity index is 1290. The number of nitrogens with zero attached hydrogens (tertiary/aromatic N) is 5.